The molecular formula is C13H16N2O2S. The Labute approximate surface area is 111 Å². The average molecular weight is 264 g/mol. The third-order valence-corrected chi connectivity index (χ3v) is 3.85. The van der Waals surface area contributed by atoms with Gasteiger partial charge in [0.15, 0.2) is 0 Å². The van der Waals surface area contributed by atoms with E-state index in [-0.39, 0.29) is 5.91 Å². The Hall–Kier alpha value is -1.49. The maximum absolute atomic E-state index is 12.2. The number of hydrogen-bond acceptors (Lipinski definition) is 4. The van der Waals surface area contributed by atoms with Crippen LogP contribution >= 0.6 is 11.8 Å². The van der Waals surface area contributed by atoms with Crippen LogP contribution in [0.25, 0.3) is 0 Å². The fourth-order valence-electron chi connectivity index (χ4n) is 1.98. The van der Waals surface area contributed by atoms with E-state index >= 15 is 0 Å². The number of benzene rings is 1. The van der Waals surface area contributed by atoms with Crippen LogP contribution in [-0.4, -0.2) is 41.1 Å². The van der Waals surface area contributed by atoms with Crippen LogP contribution in [0.15, 0.2) is 34.3 Å². The molecule has 4 nitrogen and oxygen atoms in total. The zero-order chi connectivity index (χ0) is 13.0. The Kier molecular flexibility index (Phi) is 4.25. The normalized spacial score (nSPS) is 15.6. The first-order valence-corrected chi connectivity index (χ1v) is 7.10. The van der Waals surface area contributed by atoms with Gasteiger partial charge in [-0.05, 0) is 30.5 Å². The number of rotatable bonds is 2. The van der Waals surface area contributed by atoms with Crippen LogP contribution in [0, 0.1) is 0 Å². The molecule has 1 fully saturated rings. The van der Waals surface area contributed by atoms with E-state index in [1.54, 1.807) is 11.8 Å². The smallest absolute Gasteiger partial charge is 0.253 e. The first-order chi connectivity index (χ1) is 8.74. The molecule has 0 saturated carbocycles. The van der Waals surface area contributed by atoms with Crippen LogP contribution in [-0.2, 0) is 0 Å². The molecular weight excluding hydrogens is 248 g/mol. The predicted molar refractivity (Wildman–Crippen MR) is 72.6 cm³/mol. The third kappa shape index (κ3) is 2.85. The third-order valence-electron chi connectivity index (χ3n) is 3.11. The van der Waals surface area contributed by atoms with Gasteiger partial charge < -0.3 is 10.1 Å². The minimum atomic E-state index is 0.0552. The topological polar surface area (TPSA) is 52.9 Å². The molecule has 1 aliphatic heterocycles. The minimum Gasteiger partial charge on any atom is -0.411 e. The van der Waals surface area contributed by atoms with Crippen molar-refractivity contribution in [2.75, 3.05) is 19.3 Å². The summed E-state index contributed by atoms with van der Waals surface area (Å²) >= 11 is 1.66. The largest absolute Gasteiger partial charge is 0.411 e. The molecule has 0 atom stereocenters. The standard InChI is InChI=1S/C13H16N2O2S/c1-18-12-4-2-10(3-5-12)13(16)15-8-6-11(14-17)7-9-15/h2-5,17H,6-9H2,1H3. The van der Waals surface area contributed by atoms with Crippen molar-refractivity contribution in [1.82, 2.24) is 4.90 Å². The summed E-state index contributed by atoms with van der Waals surface area (Å²) in [7, 11) is 0. The Bertz CT molecular complexity index is 447. The number of oxime groups is 1. The lowest BCUT2D eigenvalue weighted by Crippen LogP contribution is -2.38. The Morgan fingerprint density at radius 2 is 1.89 bits per heavy atom. The van der Waals surface area contributed by atoms with E-state index in [1.165, 1.54) is 0 Å². The number of piperidine rings is 1. The number of nitrogens with zero attached hydrogens (tertiary/aromatic N) is 2. The van der Waals surface area contributed by atoms with Crippen LogP contribution in [0.1, 0.15) is 23.2 Å². The van der Waals surface area contributed by atoms with Gasteiger partial charge >= 0.3 is 0 Å². The Morgan fingerprint density at radius 1 is 1.28 bits per heavy atom. The summed E-state index contributed by atoms with van der Waals surface area (Å²) < 4.78 is 0. The highest BCUT2D eigenvalue weighted by molar-refractivity contribution is 7.98. The minimum absolute atomic E-state index is 0.0552. The van der Waals surface area contributed by atoms with Crippen molar-refractivity contribution in [2.24, 2.45) is 5.16 Å². The number of thioether (sulfide) groups is 1. The summed E-state index contributed by atoms with van der Waals surface area (Å²) in [4.78, 5) is 15.2. The fraction of sp³-hybridized carbons (Fsp3) is 0.385. The van der Waals surface area contributed by atoms with Gasteiger partial charge in [0.25, 0.3) is 5.91 Å². The molecule has 0 spiro atoms. The molecule has 1 aliphatic rings. The van der Waals surface area contributed by atoms with Crippen molar-refractivity contribution < 1.29 is 10.0 Å². The van der Waals surface area contributed by atoms with Gasteiger partial charge in [-0.2, -0.15) is 0 Å². The lowest BCUT2D eigenvalue weighted by Gasteiger charge is -2.27. The van der Waals surface area contributed by atoms with Gasteiger partial charge in [0.1, 0.15) is 0 Å². The zero-order valence-corrected chi connectivity index (χ0v) is 11.1. The Balaban J connectivity index is 2.03. The highest BCUT2D eigenvalue weighted by Gasteiger charge is 2.21. The summed E-state index contributed by atoms with van der Waals surface area (Å²) in [6.45, 7) is 1.25. The predicted octanol–water partition coefficient (Wildman–Crippen LogP) is 2.47. The number of carbonyl (C=O) groups excluding carboxylic acids is 1. The molecule has 0 bridgehead atoms. The second-order valence-corrected chi connectivity index (χ2v) is 5.07. The van der Waals surface area contributed by atoms with Crippen molar-refractivity contribution in [2.45, 2.75) is 17.7 Å². The SMILES string of the molecule is CSc1ccc(C(=O)N2CCC(=NO)CC2)cc1. The number of likely N-dealkylation sites (tertiary alicyclic amines) is 1. The lowest BCUT2D eigenvalue weighted by atomic mass is 10.1. The second kappa shape index (κ2) is 5.91. The molecule has 18 heavy (non-hydrogen) atoms. The molecule has 1 aromatic carbocycles. The van der Waals surface area contributed by atoms with Crippen molar-refractivity contribution in [3.63, 3.8) is 0 Å². The zero-order valence-electron chi connectivity index (χ0n) is 10.3. The van der Waals surface area contributed by atoms with Gasteiger partial charge in [0.05, 0.1) is 5.71 Å². The highest BCUT2D eigenvalue weighted by atomic mass is 32.2. The van der Waals surface area contributed by atoms with Crippen LogP contribution in [0.2, 0.25) is 0 Å². The monoisotopic (exact) mass is 264 g/mol. The van der Waals surface area contributed by atoms with Crippen LogP contribution in [0.4, 0.5) is 0 Å². The fourth-order valence-corrected chi connectivity index (χ4v) is 2.39. The number of hydrogen-bond donors (Lipinski definition) is 1. The van der Waals surface area contributed by atoms with Gasteiger partial charge in [-0.1, -0.05) is 5.16 Å². The highest BCUT2D eigenvalue weighted by Crippen LogP contribution is 2.17. The molecule has 1 heterocycles. The summed E-state index contributed by atoms with van der Waals surface area (Å²) in [5, 5.41) is 11.9. The molecule has 0 aromatic heterocycles. The van der Waals surface area contributed by atoms with E-state index in [4.69, 9.17) is 5.21 Å². The molecule has 96 valence electrons. The average Bonchev–Trinajstić information content (AvgIpc) is 2.47. The number of amides is 1. The summed E-state index contributed by atoms with van der Waals surface area (Å²) in [5.74, 6) is 0.0552. The van der Waals surface area contributed by atoms with Gasteiger partial charge in [0, 0.05) is 36.4 Å². The lowest BCUT2D eigenvalue weighted by molar-refractivity contribution is 0.0753. The van der Waals surface area contributed by atoms with Crippen molar-refractivity contribution in [3.05, 3.63) is 29.8 Å². The second-order valence-electron chi connectivity index (χ2n) is 4.19. The van der Waals surface area contributed by atoms with Gasteiger partial charge in [-0.25, -0.2) is 0 Å². The summed E-state index contributed by atoms with van der Waals surface area (Å²) in [5.41, 5.74) is 1.49. The van der Waals surface area contributed by atoms with E-state index in [0.717, 1.165) is 16.2 Å². The maximum Gasteiger partial charge on any atom is 0.253 e. The molecule has 5 heteroatoms. The van der Waals surface area contributed by atoms with E-state index in [9.17, 15) is 4.79 Å². The van der Waals surface area contributed by atoms with Crippen molar-refractivity contribution in [1.29, 1.82) is 0 Å². The molecule has 2 rings (SSSR count). The van der Waals surface area contributed by atoms with E-state index in [2.05, 4.69) is 5.16 Å². The molecule has 0 aliphatic carbocycles. The summed E-state index contributed by atoms with van der Waals surface area (Å²) in [6, 6.07) is 7.65. The maximum atomic E-state index is 12.2. The first-order valence-electron chi connectivity index (χ1n) is 5.87. The first kappa shape index (κ1) is 13.0. The molecule has 1 amide bonds. The van der Waals surface area contributed by atoms with Gasteiger partial charge in [-0.15, -0.1) is 11.8 Å². The van der Waals surface area contributed by atoms with E-state index in [0.29, 0.717) is 25.9 Å². The van der Waals surface area contributed by atoms with Crippen molar-refractivity contribution in [3.8, 4) is 0 Å². The quantitative estimate of drug-likeness (QED) is 0.507. The van der Waals surface area contributed by atoms with E-state index in [1.807, 2.05) is 35.4 Å². The molecule has 1 aromatic rings. The van der Waals surface area contributed by atoms with Crippen LogP contribution in [0.5, 0.6) is 0 Å². The molecule has 1 N–H and O–H groups in total. The van der Waals surface area contributed by atoms with Crippen LogP contribution in [0.3, 0.4) is 0 Å². The Morgan fingerprint density at radius 3 is 2.39 bits per heavy atom. The van der Waals surface area contributed by atoms with Gasteiger partial charge in [0.2, 0.25) is 0 Å². The summed E-state index contributed by atoms with van der Waals surface area (Å²) in [6.07, 6.45) is 3.33. The molecule has 1 saturated heterocycles. The number of carbonyl (C=O) groups is 1. The van der Waals surface area contributed by atoms with Crippen LogP contribution < -0.4 is 0 Å². The molecule has 0 unspecified atom stereocenters. The van der Waals surface area contributed by atoms with Crippen molar-refractivity contribution >= 4 is 23.4 Å². The van der Waals surface area contributed by atoms with E-state index < -0.39 is 0 Å². The van der Waals surface area contributed by atoms with Gasteiger partial charge in [-0.3, -0.25) is 4.79 Å². The molecule has 0 radical (unpaired) electrons.